The summed E-state index contributed by atoms with van der Waals surface area (Å²) in [6.45, 7) is 9.85. The molecule has 0 aromatic carbocycles. The van der Waals surface area contributed by atoms with Gasteiger partial charge in [0, 0.05) is 56.1 Å². The molecule has 5 heteroatoms. The first-order chi connectivity index (χ1) is 11.4. The first kappa shape index (κ1) is 16.5. The van der Waals surface area contributed by atoms with Crippen molar-refractivity contribution in [2.24, 2.45) is 5.41 Å². The molecule has 0 radical (unpaired) electrons. The number of piperazine rings is 1. The molecule has 1 aliphatic heterocycles. The van der Waals surface area contributed by atoms with Gasteiger partial charge in [0.1, 0.15) is 6.07 Å². The predicted octanol–water partition coefficient (Wildman–Crippen LogP) is 2.50. The third-order valence-corrected chi connectivity index (χ3v) is 4.57. The third kappa shape index (κ3) is 3.15. The molecular formula is C19H24N4O. The highest BCUT2D eigenvalue weighted by molar-refractivity contribution is 5.81. The van der Waals surface area contributed by atoms with Crippen LogP contribution in [0.1, 0.15) is 31.9 Å². The van der Waals surface area contributed by atoms with Crippen LogP contribution in [0.2, 0.25) is 0 Å². The highest BCUT2D eigenvalue weighted by Crippen LogP contribution is 2.22. The lowest BCUT2D eigenvalue weighted by atomic mass is 9.94. The fourth-order valence-corrected chi connectivity index (χ4v) is 3.25. The Labute approximate surface area is 143 Å². The van der Waals surface area contributed by atoms with Crippen molar-refractivity contribution in [1.82, 2.24) is 14.2 Å². The van der Waals surface area contributed by atoms with Crippen LogP contribution in [-0.2, 0) is 11.3 Å². The number of hydrogen-bond donors (Lipinski definition) is 0. The maximum atomic E-state index is 12.4. The molecule has 3 heterocycles. The van der Waals surface area contributed by atoms with E-state index in [0.717, 1.165) is 49.4 Å². The topological polar surface area (TPSA) is 51.8 Å². The first-order valence-corrected chi connectivity index (χ1v) is 8.40. The van der Waals surface area contributed by atoms with Crippen molar-refractivity contribution in [3.05, 3.63) is 41.7 Å². The Balaban J connectivity index is 1.69. The number of nitrogens with zero attached hydrogens (tertiary/aromatic N) is 4. The molecule has 5 nitrogen and oxygen atoms in total. The molecule has 1 fully saturated rings. The molecule has 0 aliphatic carbocycles. The summed E-state index contributed by atoms with van der Waals surface area (Å²) < 4.78 is 2.01. The molecule has 2 aromatic heterocycles. The SMILES string of the molecule is CC(C)(C)C(=O)N1CCN(Cc2cn3ccccc3c2C#N)CC1. The lowest BCUT2D eigenvalue weighted by Gasteiger charge is -2.37. The van der Waals surface area contributed by atoms with E-state index in [1.54, 1.807) is 0 Å². The zero-order chi connectivity index (χ0) is 17.3. The van der Waals surface area contributed by atoms with Gasteiger partial charge in [-0.1, -0.05) is 26.8 Å². The molecule has 2 aromatic rings. The summed E-state index contributed by atoms with van der Waals surface area (Å²) in [5, 5.41) is 9.50. The van der Waals surface area contributed by atoms with Gasteiger partial charge in [0.15, 0.2) is 0 Å². The Morgan fingerprint density at radius 1 is 1.21 bits per heavy atom. The fraction of sp³-hybridized carbons (Fsp3) is 0.474. The van der Waals surface area contributed by atoms with Crippen LogP contribution in [0.3, 0.4) is 0 Å². The van der Waals surface area contributed by atoms with Crippen LogP contribution in [0, 0.1) is 16.7 Å². The largest absolute Gasteiger partial charge is 0.340 e. The lowest BCUT2D eigenvalue weighted by Crippen LogP contribution is -2.51. The molecule has 3 rings (SSSR count). The van der Waals surface area contributed by atoms with E-state index in [4.69, 9.17) is 0 Å². The quantitative estimate of drug-likeness (QED) is 0.853. The number of carbonyl (C=O) groups excluding carboxylic acids is 1. The van der Waals surface area contributed by atoms with E-state index in [0.29, 0.717) is 0 Å². The van der Waals surface area contributed by atoms with E-state index in [9.17, 15) is 10.1 Å². The number of fused-ring (bicyclic) bond motifs is 1. The second-order valence-electron chi connectivity index (χ2n) is 7.45. The molecule has 0 atom stereocenters. The van der Waals surface area contributed by atoms with Crippen molar-refractivity contribution in [3.8, 4) is 6.07 Å². The van der Waals surface area contributed by atoms with Gasteiger partial charge in [0.05, 0.1) is 11.1 Å². The maximum absolute atomic E-state index is 12.4. The van der Waals surface area contributed by atoms with Gasteiger partial charge in [-0.2, -0.15) is 5.26 Å². The summed E-state index contributed by atoms with van der Waals surface area (Å²) in [5.74, 6) is 0.217. The standard InChI is InChI=1S/C19H24N4O/c1-19(2,3)18(24)22-10-8-21(9-11-22)13-15-14-23-7-5-4-6-17(23)16(15)12-20/h4-7,14H,8-11,13H2,1-3H3. The summed E-state index contributed by atoms with van der Waals surface area (Å²) in [4.78, 5) is 16.6. The molecule has 1 saturated heterocycles. The molecule has 1 amide bonds. The summed E-state index contributed by atoms with van der Waals surface area (Å²) in [7, 11) is 0. The van der Waals surface area contributed by atoms with Crippen LogP contribution in [-0.4, -0.2) is 46.3 Å². The summed E-state index contributed by atoms with van der Waals surface area (Å²) in [5.41, 5.74) is 2.44. The van der Waals surface area contributed by atoms with Crippen LogP contribution in [0.4, 0.5) is 0 Å². The third-order valence-electron chi connectivity index (χ3n) is 4.57. The number of hydrogen-bond acceptors (Lipinski definition) is 3. The Morgan fingerprint density at radius 2 is 1.92 bits per heavy atom. The highest BCUT2D eigenvalue weighted by Gasteiger charge is 2.29. The lowest BCUT2D eigenvalue weighted by molar-refractivity contribution is -0.141. The van der Waals surface area contributed by atoms with E-state index in [1.165, 1.54) is 0 Å². The number of carbonyl (C=O) groups is 1. The predicted molar refractivity (Wildman–Crippen MR) is 93.4 cm³/mol. The summed E-state index contributed by atoms with van der Waals surface area (Å²) >= 11 is 0. The van der Waals surface area contributed by atoms with Gasteiger partial charge in [-0.3, -0.25) is 9.69 Å². The second kappa shape index (κ2) is 6.29. The van der Waals surface area contributed by atoms with Crippen LogP contribution in [0.5, 0.6) is 0 Å². The monoisotopic (exact) mass is 324 g/mol. The van der Waals surface area contributed by atoms with Crippen molar-refractivity contribution in [3.63, 3.8) is 0 Å². The zero-order valence-corrected chi connectivity index (χ0v) is 14.6. The van der Waals surface area contributed by atoms with Crippen molar-refractivity contribution < 1.29 is 4.79 Å². The number of aromatic nitrogens is 1. The highest BCUT2D eigenvalue weighted by atomic mass is 16.2. The Kier molecular flexibility index (Phi) is 4.33. The number of rotatable bonds is 2. The minimum Gasteiger partial charge on any atom is -0.340 e. The minimum absolute atomic E-state index is 0.217. The Morgan fingerprint density at radius 3 is 2.54 bits per heavy atom. The van der Waals surface area contributed by atoms with Gasteiger partial charge in [-0.15, -0.1) is 0 Å². The molecule has 126 valence electrons. The van der Waals surface area contributed by atoms with Crippen molar-refractivity contribution in [1.29, 1.82) is 5.26 Å². The number of nitriles is 1. The number of pyridine rings is 1. The van der Waals surface area contributed by atoms with E-state index in [2.05, 4.69) is 11.0 Å². The van der Waals surface area contributed by atoms with E-state index in [-0.39, 0.29) is 11.3 Å². The number of amides is 1. The van der Waals surface area contributed by atoms with Crippen LogP contribution in [0.15, 0.2) is 30.6 Å². The average Bonchev–Trinajstić information content (AvgIpc) is 2.91. The summed E-state index contributed by atoms with van der Waals surface area (Å²) in [6, 6.07) is 8.24. The summed E-state index contributed by atoms with van der Waals surface area (Å²) in [6.07, 6.45) is 4.01. The Hall–Kier alpha value is -2.32. The zero-order valence-electron chi connectivity index (χ0n) is 14.6. The molecule has 0 unspecified atom stereocenters. The first-order valence-electron chi connectivity index (χ1n) is 8.40. The van der Waals surface area contributed by atoms with Gasteiger partial charge < -0.3 is 9.30 Å². The average molecular weight is 324 g/mol. The molecule has 0 N–H and O–H groups in total. The van der Waals surface area contributed by atoms with Gasteiger partial charge in [0.25, 0.3) is 0 Å². The molecule has 0 bridgehead atoms. The smallest absolute Gasteiger partial charge is 0.228 e. The van der Waals surface area contributed by atoms with Crippen molar-refractivity contribution in [2.75, 3.05) is 26.2 Å². The van der Waals surface area contributed by atoms with Crippen LogP contribution < -0.4 is 0 Å². The molecule has 0 saturated carbocycles. The molecule has 1 aliphatic rings. The van der Waals surface area contributed by atoms with Gasteiger partial charge >= 0.3 is 0 Å². The van der Waals surface area contributed by atoms with E-state index in [1.807, 2.05) is 60.7 Å². The normalized spacial score (nSPS) is 16.3. The van der Waals surface area contributed by atoms with Gasteiger partial charge in [-0.25, -0.2) is 0 Å². The second-order valence-corrected chi connectivity index (χ2v) is 7.45. The van der Waals surface area contributed by atoms with Gasteiger partial charge in [0.2, 0.25) is 5.91 Å². The van der Waals surface area contributed by atoms with Crippen molar-refractivity contribution >= 4 is 11.4 Å². The minimum atomic E-state index is -0.323. The van der Waals surface area contributed by atoms with E-state index < -0.39 is 0 Å². The van der Waals surface area contributed by atoms with Crippen molar-refractivity contribution in [2.45, 2.75) is 27.3 Å². The molecule has 24 heavy (non-hydrogen) atoms. The molecular weight excluding hydrogens is 300 g/mol. The Bertz CT molecular complexity index is 786. The van der Waals surface area contributed by atoms with Crippen LogP contribution >= 0.6 is 0 Å². The van der Waals surface area contributed by atoms with Gasteiger partial charge in [-0.05, 0) is 12.1 Å². The maximum Gasteiger partial charge on any atom is 0.228 e. The van der Waals surface area contributed by atoms with Crippen LogP contribution in [0.25, 0.3) is 5.52 Å². The molecule has 0 spiro atoms. The van der Waals surface area contributed by atoms with E-state index >= 15 is 0 Å². The fourth-order valence-electron chi connectivity index (χ4n) is 3.25.